The predicted octanol–water partition coefficient (Wildman–Crippen LogP) is 3.10. The maximum Gasteiger partial charge on any atom is 0.237 e. The predicted molar refractivity (Wildman–Crippen MR) is 106 cm³/mol. The van der Waals surface area contributed by atoms with Gasteiger partial charge in [0.25, 0.3) is 0 Å². The average Bonchev–Trinajstić information content (AvgIpc) is 3.00. The minimum absolute atomic E-state index is 0.286. The van der Waals surface area contributed by atoms with Crippen LogP contribution in [-0.4, -0.2) is 31.1 Å². The molecule has 0 radical (unpaired) electrons. The van der Waals surface area contributed by atoms with E-state index in [9.17, 15) is 18.4 Å². The van der Waals surface area contributed by atoms with Gasteiger partial charge >= 0.3 is 0 Å². The fourth-order valence-corrected chi connectivity index (χ4v) is 3.83. The van der Waals surface area contributed by atoms with Crippen LogP contribution >= 0.6 is 0 Å². The van der Waals surface area contributed by atoms with Crippen molar-refractivity contribution in [1.82, 2.24) is 0 Å². The van der Waals surface area contributed by atoms with Crippen molar-refractivity contribution in [3.05, 3.63) is 53.6 Å². The number of amides is 2. The Labute approximate surface area is 166 Å². The maximum atomic E-state index is 14.7. The molecule has 2 unspecified atom stereocenters. The van der Waals surface area contributed by atoms with Gasteiger partial charge in [0.1, 0.15) is 17.6 Å². The monoisotopic (exact) mass is 398 g/mol. The maximum absolute atomic E-state index is 14.7. The number of nitrogens with two attached hydrogens (primary N) is 1. The number of primary amides is 1. The number of nitrogens with zero attached hydrogens (tertiary/aromatic N) is 2. The lowest BCUT2D eigenvalue weighted by Gasteiger charge is -2.33. The van der Waals surface area contributed by atoms with Gasteiger partial charge in [-0.3, -0.25) is 14.6 Å². The van der Waals surface area contributed by atoms with Crippen LogP contribution in [0.3, 0.4) is 0 Å². The number of rotatable bonds is 4. The van der Waals surface area contributed by atoms with E-state index in [1.165, 1.54) is 30.5 Å². The normalized spacial score (nSPS) is 21.3. The van der Waals surface area contributed by atoms with Gasteiger partial charge in [-0.2, -0.15) is 0 Å². The Morgan fingerprint density at radius 2 is 2.07 bits per heavy atom. The Kier molecular flexibility index (Phi) is 5.00. The summed E-state index contributed by atoms with van der Waals surface area (Å²) in [5.74, 6) is -2.51. The van der Waals surface area contributed by atoms with Crippen molar-refractivity contribution in [2.45, 2.75) is 18.8 Å². The number of halogens is 2. The topological polar surface area (TPSA) is 87.8 Å². The Morgan fingerprint density at radius 1 is 1.24 bits per heavy atom. The van der Waals surface area contributed by atoms with Crippen molar-refractivity contribution in [2.24, 2.45) is 16.6 Å². The van der Waals surface area contributed by atoms with Crippen LogP contribution in [0.1, 0.15) is 24.3 Å². The molecule has 0 saturated carbocycles. The molecule has 2 atom stereocenters. The van der Waals surface area contributed by atoms with Crippen LogP contribution in [0.5, 0.6) is 0 Å². The Hall–Kier alpha value is -3.29. The molecule has 2 aromatic carbocycles. The first kappa shape index (κ1) is 19.0. The summed E-state index contributed by atoms with van der Waals surface area (Å²) in [7, 11) is 0. The second-order valence-corrected chi connectivity index (χ2v) is 7.30. The lowest BCUT2D eigenvalue weighted by Crippen LogP contribution is -2.41. The van der Waals surface area contributed by atoms with E-state index in [0.717, 1.165) is 6.42 Å². The summed E-state index contributed by atoms with van der Waals surface area (Å²) >= 11 is 0. The molecular formula is C21H20F2N4O2. The summed E-state index contributed by atoms with van der Waals surface area (Å²) in [6, 6.07) is 8.64. The van der Waals surface area contributed by atoms with Crippen molar-refractivity contribution in [3.8, 4) is 0 Å². The molecule has 1 fully saturated rings. The SMILES string of the molecule is NC(=O)C1CCCN(c2ccc(N=CC3C(=O)Nc4cc(F)ccc43)cc2F)C1. The van der Waals surface area contributed by atoms with Gasteiger partial charge in [0.05, 0.1) is 17.3 Å². The fourth-order valence-electron chi connectivity index (χ4n) is 3.83. The molecule has 4 rings (SSSR count). The van der Waals surface area contributed by atoms with E-state index in [4.69, 9.17) is 5.73 Å². The van der Waals surface area contributed by atoms with Crippen LogP contribution in [0.15, 0.2) is 41.4 Å². The average molecular weight is 398 g/mol. The van der Waals surface area contributed by atoms with Crippen LogP contribution in [0.2, 0.25) is 0 Å². The molecule has 2 aromatic rings. The van der Waals surface area contributed by atoms with Crippen LogP contribution < -0.4 is 16.0 Å². The molecule has 2 heterocycles. The molecule has 0 aliphatic carbocycles. The van der Waals surface area contributed by atoms with E-state index in [1.54, 1.807) is 12.1 Å². The zero-order valence-corrected chi connectivity index (χ0v) is 15.6. The third kappa shape index (κ3) is 3.83. The molecule has 2 aliphatic rings. The number of carbonyl (C=O) groups excluding carboxylic acids is 2. The van der Waals surface area contributed by atoms with Crippen molar-refractivity contribution in [2.75, 3.05) is 23.3 Å². The Bertz CT molecular complexity index is 1010. The summed E-state index contributed by atoms with van der Waals surface area (Å²) in [6.07, 6.45) is 2.91. The van der Waals surface area contributed by atoms with Gasteiger partial charge in [0.2, 0.25) is 11.8 Å². The van der Waals surface area contributed by atoms with E-state index < -0.39 is 17.6 Å². The lowest BCUT2D eigenvalue weighted by molar-refractivity contribution is -0.122. The van der Waals surface area contributed by atoms with Gasteiger partial charge in [0, 0.05) is 31.1 Å². The number of anilines is 2. The van der Waals surface area contributed by atoms with Gasteiger partial charge in [-0.1, -0.05) is 6.07 Å². The third-order valence-corrected chi connectivity index (χ3v) is 5.36. The Morgan fingerprint density at radius 3 is 2.83 bits per heavy atom. The first-order valence-corrected chi connectivity index (χ1v) is 9.40. The summed E-state index contributed by atoms with van der Waals surface area (Å²) in [5.41, 5.74) is 7.19. The minimum atomic E-state index is -0.660. The van der Waals surface area contributed by atoms with E-state index in [1.807, 2.05) is 4.90 Å². The summed E-state index contributed by atoms with van der Waals surface area (Å²) in [4.78, 5) is 29.6. The number of piperidine rings is 1. The first-order chi connectivity index (χ1) is 13.9. The number of aliphatic imine (C=N–C) groups is 1. The number of hydrogen-bond acceptors (Lipinski definition) is 4. The number of benzene rings is 2. The number of nitrogens with one attached hydrogen (secondary N) is 1. The summed E-state index contributed by atoms with van der Waals surface area (Å²) in [5, 5.41) is 2.61. The molecule has 0 aromatic heterocycles. The molecule has 2 aliphatic heterocycles. The van der Waals surface area contributed by atoms with Crippen molar-refractivity contribution in [3.63, 3.8) is 0 Å². The zero-order chi connectivity index (χ0) is 20.5. The van der Waals surface area contributed by atoms with E-state index in [2.05, 4.69) is 10.3 Å². The quantitative estimate of drug-likeness (QED) is 0.776. The largest absolute Gasteiger partial charge is 0.369 e. The number of hydrogen-bond donors (Lipinski definition) is 2. The molecule has 0 spiro atoms. The van der Waals surface area contributed by atoms with E-state index in [-0.39, 0.29) is 17.7 Å². The second kappa shape index (κ2) is 7.62. The molecule has 3 N–H and O–H groups in total. The third-order valence-electron chi connectivity index (χ3n) is 5.36. The number of fused-ring (bicyclic) bond motifs is 1. The molecule has 2 amide bonds. The molecular weight excluding hydrogens is 378 g/mol. The van der Waals surface area contributed by atoms with Crippen molar-refractivity contribution >= 4 is 35.1 Å². The number of carbonyl (C=O) groups is 2. The van der Waals surface area contributed by atoms with Crippen molar-refractivity contribution in [1.29, 1.82) is 0 Å². The van der Waals surface area contributed by atoms with Gasteiger partial charge in [0.15, 0.2) is 0 Å². The van der Waals surface area contributed by atoms with Crippen molar-refractivity contribution < 1.29 is 18.4 Å². The highest BCUT2D eigenvalue weighted by atomic mass is 19.1. The van der Waals surface area contributed by atoms with E-state index >= 15 is 0 Å². The molecule has 0 bridgehead atoms. The summed E-state index contributed by atoms with van der Waals surface area (Å²) in [6.45, 7) is 1.05. The first-order valence-electron chi connectivity index (χ1n) is 9.40. The highest BCUT2D eigenvalue weighted by Crippen LogP contribution is 2.33. The van der Waals surface area contributed by atoms with Crippen LogP contribution in [0.25, 0.3) is 0 Å². The molecule has 8 heteroatoms. The zero-order valence-electron chi connectivity index (χ0n) is 15.6. The summed E-state index contributed by atoms with van der Waals surface area (Å²) < 4.78 is 28.0. The highest BCUT2D eigenvalue weighted by molar-refractivity contribution is 6.12. The standard InChI is InChI=1S/C21H20F2N4O2/c22-13-3-5-15-16(21(29)26-18(15)8-13)10-25-14-4-6-19(17(23)9-14)27-7-1-2-12(11-27)20(24)28/h3-6,8-10,12,16H,1-2,7,11H2,(H2,24,28)(H,26,29). The highest BCUT2D eigenvalue weighted by Gasteiger charge is 2.29. The fraction of sp³-hybridized carbons (Fsp3) is 0.286. The molecule has 1 saturated heterocycles. The van der Waals surface area contributed by atoms with Gasteiger partial charge < -0.3 is 16.0 Å². The molecule has 29 heavy (non-hydrogen) atoms. The van der Waals surface area contributed by atoms with Crippen LogP contribution in [0.4, 0.5) is 25.8 Å². The van der Waals surface area contributed by atoms with Crippen LogP contribution in [-0.2, 0) is 9.59 Å². The molecule has 6 nitrogen and oxygen atoms in total. The van der Waals surface area contributed by atoms with E-state index in [0.29, 0.717) is 42.1 Å². The van der Waals surface area contributed by atoms with Gasteiger partial charge in [-0.15, -0.1) is 0 Å². The van der Waals surface area contributed by atoms with Gasteiger partial charge in [-0.05, 0) is 42.7 Å². The lowest BCUT2D eigenvalue weighted by atomic mass is 9.97. The molecule has 150 valence electrons. The smallest absolute Gasteiger partial charge is 0.237 e. The van der Waals surface area contributed by atoms with Gasteiger partial charge in [-0.25, -0.2) is 8.78 Å². The minimum Gasteiger partial charge on any atom is -0.369 e. The second-order valence-electron chi connectivity index (χ2n) is 7.30. The van der Waals surface area contributed by atoms with Crippen LogP contribution in [0, 0.1) is 17.6 Å². The Balaban J connectivity index is 1.52.